The molecule has 0 amide bonds. The molecule has 2 rings (SSSR count). The number of carbonyl (C=O) groups excluding carboxylic acids is 1. The van der Waals surface area contributed by atoms with Crippen LogP contribution in [0, 0.1) is 0 Å². The quantitative estimate of drug-likeness (QED) is 0.443. The minimum Gasteiger partial charge on any atom is -0.542 e. The van der Waals surface area contributed by atoms with Gasteiger partial charge < -0.3 is 34.6 Å². The number of ether oxygens (including phenoxy) is 4. The van der Waals surface area contributed by atoms with Crippen LogP contribution in [0.15, 0.2) is 36.4 Å². The molecule has 0 unspecified atom stereocenters. The molecule has 0 aromatic heterocycles. The van der Waals surface area contributed by atoms with Gasteiger partial charge in [-0.3, -0.25) is 4.90 Å². The molecule has 2 aromatic carbocycles. The van der Waals surface area contributed by atoms with Crippen LogP contribution in [0.5, 0.6) is 23.0 Å². The van der Waals surface area contributed by atoms with Crippen LogP contribution in [-0.4, -0.2) is 58.6 Å². The summed E-state index contributed by atoms with van der Waals surface area (Å²) in [5.41, 5.74) is 6.22. The number of benzene rings is 2. The molecule has 35 heavy (non-hydrogen) atoms. The summed E-state index contributed by atoms with van der Waals surface area (Å²) in [6.45, 7) is 3.48. The second kappa shape index (κ2) is 14.9. The van der Waals surface area contributed by atoms with Gasteiger partial charge in [0, 0.05) is 36.3 Å². The Morgan fingerprint density at radius 3 is 1.60 bits per heavy atom. The van der Waals surface area contributed by atoms with Crippen molar-refractivity contribution < 1.29 is 47.8 Å². The van der Waals surface area contributed by atoms with E-state index >= 15 is 0 Å². The Balaban J connectivity index is 0.000000762. The Morgan fingerprint density at radius 2 is 1.29 bits per heavy atom. The average Bonchev–Trinajstić information content (AvgIpc) is 2.84. The van der Waals surface area contributed by atoms with Crippen molar-refractivity contribution >= 4 is 5.97 Å². The lowest BCUT2D eigenvalue weighted by molar-refractivity contribution is -0.368. The molecule has 0 aliphatic heterocycles. The fraction of sp³-hybridized carbons (Fsp3) is 0.458. The van der Waals surface area contributed by atoms with Crippen molar-refractivity contribution in [1.29, 1.82) is 0 Å². The molecule has 0 atom stereocenters. The first-order chi connectivity index (χ1) is 16.6. The molecular formula is C24H33F3N2O6. The summed E-state index contributed by atoms with van der Waals surface area (Å²) in [5, 5.41) is 8.78. The predicted octanol–water partition coefficient (Wildman–Crippen LogP) is 2.04. The third-order valence-electron chi connectivity index (χ3n) is 4.98. The molecule has 196 valence electrons. The van der Waals surface area contributed by atoms with E-state index in [0.29, 0.717) is 0 Å². The minimum absolute atomic E-state index is 0.777. The van der Waals surface area contributed by atoms with Gasteiger partial charge in [0.05, 0.1) is 35.0 Å². The van der Waals surface area contributed by atoms with Crippen molar-refractivity contribution in [2.75, 3.05) is 41.5 Å². The normalized spacial score (nSPS) is 10.9. The van der Waals surface area contributed by atoms with E-state index in [0.717, 1.165) is 73.1 Å². The topological polar surface area (TPSA) is 108 Å². The highest BCUT2D eigenvalue weighted by Gasteiger charge is 2.28. The summed E-state index contributed by atoms with van der Waals surface area (Å²) in [7, 11) is 6.71. The average molecular weight is 503 g/mol. The molecule has 0 radical (unpaired) electrons. The number of unbranched alkanes of at least 4 members (excludes halogenated alkanes) is 1. The number of aliphatic carboxylic acids is 1. The standard InChI is InChI=1S/C22H32N2O4.C2HF3O2/c1-25-19-9-7-17(21(13-19)27-3)15-24(12-6-5-11-23)16-18-8-10-20(26-2)14-22(18)28-4;3-2(4,5)1(6)7/h7-10,13-14H,5-6,11-12,15-16,23H2,1-4H3;(H,6,7). The Bertz CT molecular complexity index is 867. The minimum atomic E-state index is -5.19. The fourth-order valence-corrected chi connectivity index (χ4v) is 3.17. The number of rotatable bonds is 12. The van der Waals surface area contributed by atoms with E-state index in [1.54, 1.807) is 28.4 Å². The molecular weight excluding hydrogens is 469 g/mol. The van der Waals surface area contributed by atoms with Gasteiger partial charge in [-0.2, -0.15) is 13.2 Å². The van der Waals surface area contributed by atoms with Gasteiger partial charge in [0.2, 0.25) is 0 Å². The highest BCUT2D eigenvalue weighted by atomic mass is 19.4. The molecule has 0 aliphatic carbocycles. The number of carboxylic acids is 1. The van der Waals surface area contributed by atoms with E-state index in [4.69, 9.17) is 28.8 Å². The number of nitrogens with zero attached hydrogens (tertiary/aromatic N) is 1. The molecule has 2 aromatic rings. The van der Waals surface area contributed by atoms with Gasteiger partial charge in [-0.25, -0.2) is 0 Å². The van der Waals surface area contributed by atoms with E-state index in [9.17, 15) is 13.2 Å². The van der Waals surface area contributed by atoms with Crippen molar-refractivity contribution in [2.45, 2.75) is 32.1 Å². The monoisotopic (exact) mass is 502 g/mol. The molecule has 11 heteroatoms. The second-order valence-electron chi connectivity index (χ2n) is 7.41. The number of methoxy groups -OCH3 is 4. The number of hydrogen-bond acceptors (Lipinski definition) is 7. The molecule has 0 heterocycles. The largest absolute Gasteiger partial charge is 0.542 e. The van der Waals surface area contributed by atoms with Crippen molar-refractivity contribution in [3.05, 3.63) is 47.5 Å². The molecule has 0 saturated heterocycles. The van der Waals surface area contributed by atoms with Crippen molar-refractivity contribution in [2.24, 2.45) is 0 Å². The summed E-state index contributed by atoms with van der Waals surface area (Å²) < 4.78 is 53.3. The lowest BCUT2D eigenvalue weighted by Crippen LogP contribution is -2.50. The van der Waals surface area contributed by atoms with Gasteiger partial charge >= 0.3 is 6.18 Å². The third-order valence-corrected chi connectivity index (χ3v) is 4.98. The van der Waals surface area contributed by atoms with E-state index in [-0.39, 0.29) is 0 Å². The maximum Gasteiger partial charge on any atom is 0.430 e. The zero-order valence-corrected chi connectivity index (χ0v) is 20.4. The van der Waals surface area contributed by atoms with Crippen LogP contribution in [0.25, 0.3) is 0 Å². The number of halogens is 3. The molecule has 0 bridgehead atoms. The van der Waals surface area contributed by atoms with Gasteiger partial charge in [-0.1, -0.05) is 12.1 Å². The molecule has 0 fully saturated rings. The number of alkyl halides is 3. The number of quaternary nitrogens is 1. The summed E-state index contributed by atoms with van der Waals surface area (Å²) in [6.07, 6.45) is -2.99. The summed E-state index contributed by atoms with van der Waals surface area (Å²) in [4.78, 5) is 11.2. The lowest BCUT2D eigenvalue weighted by Gasteiger charge is -2.24. The first-order valence-corrected chi connectivity index (χ1v) is 10.8. The van der Waals surface area contributed by atoms with E-state index in [2.05, 4.69) is 22.8 Å². The van der Waals surface area contributed by atoms with Gasteiger partial charge in [-0.05, 0) is 31.5 Å². The van der Waals surface area contributed by atoms with E-state index in [1.807, 2.05) is 24.3 Å². The molecule has 0 spiro atoms. The summed E-state index contributed by atoms with van der Waals surface area (Å²) >= 11 is 0. The van der Waals surface area contributed by atoms with Gasteiger partial charge in [-0.15, -0.1) is 0 Å². The van der Waals surface area contributed by atoms with Crippen LogP contribution in [0.2, 0.25) is 0 Å². The molecule has 0 saturated carbocycles. The van der Waals surface area contributed by atoms with Gasteiger partial charge in [0.15, 0.2) is 0 Å². The van der Waals surface area contributed by atoms with E-state index < -0.39 is 12.1 Å². The smallest absolute Gasteiger partial charge is 0.430 e. The first kappa shape index (κ1) is 29.9. The van der Waals surface area contributed by atoms with Crippen LogP contribution in [0.3, 0.4) is 0 Å². The van der Waals surface area contributed by atoms with E-state index in [1.165, 1.54) is 0 Å². The van der Waals surface area contributed by atoms with Crippen molar-refractivity contribution in [3.8, 4) is 23.0 Å². The Morgan fingerprint density at radius 1 is 0.857 bits per heavy atom. The highest BCUT2D eigenvalue weighted by Crippen LogP contribution is 2.29. The predicted molar refractivity (Wildman–Crippen MR) is 121 cm³/mol. The lowest BCUT2D eigenvalue weighted by atomic mass is 10.1. The Kier molecular flexibility index (Phi) is 12.7. The number of hydrogen-bond donors (Lipinski definition) is 1. The van der Waals surface area contributed by atoms with Crippen LogP contribution in [-0.2, 0) is 17.9 Å². The van der Waals surface area contributed by atoms with Crippen LogP contribution < -0.4 is 29.8 Å². The highest BCUT2D eigenvalue weighted by molar-refractivity contribution is 5.70. The van der Waals surface area contributed by atoms with Gasteiger partial charge in [0.25, 0.3) is 0 Å². The first-order valence-electron chi connectivity index (χ1n) is 10.8. The van der Waals surface area contributed by atoms with Crippen LogP contribution >= 0.6 is 0 Å². The second-order valence-corrected chi connectivity index (χ2v) is 7.41. The fourth-order valence-electron chi connectivity index (χ4n) is 3.17. The summed E-state index contributed by atoms with van der Waals surface area (Å²) in [6, 6.07) is 11.9. The molecule has 3 N–H and O–H groups in total. The zero-order chi connectivity index (χ0) is 26.4. The number of carbonyl (C=O) groups is 1. The maximum absolute atomic E-state index is 10.5. The SMILES string of the molecule is COc1ccc(CN(CCCC[NH3+])Cc2ccc(OC)cc2OC)c(OC)c1.O=C([O-])C(F)(F)F. The van der Waals surface area contributed by atoms with Crippen LogP contribution in [0.4, 0.5) is 13.2 Å². The Hall–Kier alpha value is -3.18. The maximum atomic E-state index is 10.5. The zero-order valence-electron chi connectivity index (χ0n) is 20.4. The van der Waals surface area contributed by atoms with Crippen molar-refractivity contribution in [3.63, 3.8) is 0 Å². The number of carboxylic acid groups (broad SMARTS) is 1. The molecule has 0 aliphatic rings. The summed E-state index contributed by atoms with van der Waals surface area (Å²) in [5.74, 6) is 0.251. The molecule has 8 nitrogen and oxygen atoms in total. The Labute approximate surface area is 203 Å². The van der Waals surface area contributed by atoms with Gasteiger partial charge in [0.1, 0.15) is 29.0 Å². The van der Waals surface area contributed by atoms with Crippen LogP contribution in [0.1, 0.15) is 24.0 Å². The third kappa shape index (κ3) is 10.3. The van der Waals surface area contributed by atoms with Crippen molar-refractivity contribution in [1.82, 2.24) is 4.90 Å².